The van der Waals surface area contributed by atoms with Gasteiger partial charge in [0.05, 0.1) is 22.8 Å². The maximum Gasteiger partial charge on any atom is 0.223 e. The van der Waals surface area contributed by atoms with Crippen molar-refractivity contribution in [3.63, 3.8) is 0 Å². The first-order chi connectivity index (χ1) is 54.3. The fourth-order valence-electron chi connectivity index (χ4n) is 16.3. The molecule has 1 fully saturated rings. The quantitative estimate of drug-likeness (QED) is 0.0448. The third-order valence-electron chi connectivity index (χ3n) is 22.2. The number of anilines is 4. The molecule has 17 rings (SSSR count). The van der Waals surface area contributed by atoms with Crippen molar-refractivity contribution in [1.82, 2.24) is 54.6 Å². The number of likely N-dealkylation sites (tertiary alicyclic amines) is 1. The monoisotopic (exact) mass is 1460 g/mol. The zero-order valence-corrected chi connectivity index (χ0v) is 64.9. The normalized spacial score (nSPS) is 16.2. The highest BCUT2D eigenvalue weighted by atomic mass is 15.2. The first-order valence-corrected chi connectivity index (χ1v) is 40.3. The highest BCUT2D eigenvalue weighted by molar-refractivity contribution is 5.76. The first kappa shape index (κ1) is 76.0. The Kier molecular flexibility index (Phi) is 26.2. The van der Waals surface area contributed by atoms with Gasteiger partial charge in [0.25, 0.3) is 0 Å². The van der Waals surface area contributed by atoms with Gasteiger partial charge in [0, 0.05) is 103 Å². The van der Waals surface area contributed by atoms with Crippen molar-refractivity contribution in [3.05, 3.63) is 310 Å². The lowest BCUT2D eigenvalue weighted by Crippen LogP contribution is -2.27. The molecule has 0 bridgehead atoms. The molecule has 15 nitrogen and oxygen atoms in total. The molecule has 110 heavy (non-hydrogen) atoms. The van der Waals surface area contributed by atoms with E-state index < -0.39 is 0 Å². The number of hydrogen-bond donors (Lipinski definition) is 4. The molecule has 15 heteroatoms. The maximum absolute atomic E-state index is 4.95. The number of nitrogens with one attached hydrogen (secondary N) is 4. The molecule has 4 unspecified atom stereocenters. The molecule has 4 aromatic heterocycles. The van der Waals surface area contributed by atoms with Crippen LogP contribution >= 0.6 is 0 Å². The predicted octanol–water partition coefficient (Wildman–Crippen LogP) is 18.9. The van der Waals surface area contributed by atoms with E-state index in [2.05, 4.69) is 309 Å². The molecule has 0 amide bonds. The summed E-state index contributed by atoms with van der Waals surface area (Å²) in [6, 6.07) is 77.7. The SMILES string of the molecule is CCCNc1ncc2c(n1)-c1ccccc1C(c1ccccc1)C2.CCN(CC)CCCNc1ncc2c(n1)-c1ccccc1C(c1ccccc1)C2.CN(C)CCNc1ncc2c(n1)-c1ccccc1C(c1ccccc1)C2.c1ccc(C2Cc3cnc(NCCCN4CCCCCC4)nc3-c3ccccc32)cc1. The summed E-state index contributed by atoms with van der Waals surface area (Å²) in [4.78, 5) is 45.0. The summed E-state index contributed by atoms with van der Waals surface area (Å²) in [7, 11) is 4.13. The number of aromatic nitrogens is 8. The van der Waals surface area contributed by atoms with Crippen LogP contribution in [0.1, 0.15) is 156 Å². The maximum atomic E-state index is 4.95. The number of benzene rings is 8. The molecule has 4 aliphatic carbocycles. The standard InChI is InChI=1S/C27H32N4.C25H30N4.C22H24N4.C21H21N3/c1-2-9-17-31(16-8-1)18-10-15-28-27-29-20-22-19-25(21-11-4-3-5-12-21)23-13-6-7-14-24(23)26(22)30-27;1-3-29(4-2)16-10-15-26-25-27-18-20-17-23(19-11-6-5-7-12-19)21-13-8-9-14-22(21)24(20)28-25;1-26(2)13-12-23-22-24-15-17-14-20(16-8-4-3-5-9-16)18-10-6-7-11-19(18)21(17)25-22;1-2-12-22-21-23-14-16-13-19(15-8-4-3-5-9-15)17-10-6-7-11-18(17)20(16)24-21/h3-7,11-14,20,25H,1-2,8-10,15-19H2,(H,28,29,30);5-9,11-14,18,23H,3-4,10,15-17H2,1-2H3,(H,26,27,28);3-11,15,20H,12-14H2,1-2H3,(H,23,24,25);3-11,14,19H,2,12-13H2,1H3,(H,22,23,24). The van der Waals surface area contributed by atoms with E-state index in [1.165, 1.54) is 134 Å². The van der Waals surface area contributed by atoms with Crippen molar-refractivity contribution < 1.29 is 0 Å². The molecule has 5 aliphatic rings. The van der Waals surface area contributed by atoms with Crippen LogP contribution < -0.4 is 21.3 Å². The van der Waals surface area contributed by atoms with Crippen LogP contribution in [0.25, 0.3) is 45.0 Å². The van der Waals surface area contributed by atoms with Gasteiger partial charge in [0.1, 0.15) is 0 Å². The second kappa shape index (κ2) is 38.0. The summed E-state index contributed by atoms with van der Waals surface area (Å²) in [6.45, 7) is 18.1. The Hall–Kier alpha value is -10.8. The summed E-state index contributed by atoms with van der Waals surface area (Å²) in [5.41, 5.74) is 25.0. The van der Waals surface area contributed by atoms with Gasteiger partial charge in [-0.1, -0.05) is 252 Å². The van der Waals surface area contributed by atoms with E-state index in [1.807, 2.05) is 24.8 Å². The van der Waals surface area contributed by atoms with Gasteiger partial charge in [0.2, 0.25) is 23.8 Å². The topological polar surface area (TPSA) is 161 Å². The third kappa shape index (κ3) is 18.9. The van der Waals surface area contributed by atoms with Gasteiger partial charge in [-0.05, 0) is 178 Å². The van der Waals surface area contributed by atoms with E-state index >= 15 is 0 Å². The Morgan fingerprint density at radius 1 is 0.336 bits per heavy atom. The average molecular weight is 1460 g/mol. The predicted molar refractivity (Wildman–Crippen MR) is 453 cm³/mol. The van der Waals surface area contributed by atoms with Gasteiger partial charge in [-0.2, -0.15) is 0 Å². The second-order valence-electron chi connectivity index (χ2n) is 29.8. The Balaban J connectivity index is 0.000000123. The van der Waals surface area contributed by atoms with Crippen molar-refractivity contribution in [2.45, 2.75) is 115 Å². The molecular weight excluding hydrogens is 1350 g/mol. The Bertz CT molecular complexity index is 4890. The van der Waals surface area contributed by atoms with Crippen molar-refractivity contribution in [2.24, 2.45) is 0 Å². The summed E-state index contributed by atoms with van der Waals surface area (Å²) in [5.74, 6) is 4.36. The number of rotatable bonds is 23. The zero-order chi connectivity index (χ0) is 75.2. The van der Waals surface area contributed by atoms with Crippen LogP contribution in [0, 0.1) is 0 Å². The van der Waals surface area contributed by atoms with E-state index in [-0.39, 0.29) is 0 Å². The Morgan fingerprint density at radius 2 is 0.636 bits per heavy atom. The van der Waals surface area contributed by atoms with Gasteiger partial charge >= 0.3 is 0 Å². The second-order valence-corrected chi connectivity index (χ2v) is 29.8. The number of nitrogens with zero attached hydrogens (tertiary/aromatic N) is 11. The van der Waals surface area contributed by atoms with Crippen LogP contribution in [-0.2, 0) is 25.7 Å². The summed E-state index contributed by atoms with van der Waals surface area (Å²) in [5, 5.41) is 13.5. The number of hydrogen-bond acceptors (Lipinski definition) is 15. The van der Waals surface area contributed by atoms with E-state index in [4.69, 9.17) is 19.9 Å². The van der Waals surface area contributed by atoms with E-state index in [0.717, 1.165) is 138 Å². The van der Waals surface area contributed by atoms with Crippen LogP contribution in [-0.4, -0.2) is 141 Å². The molecule has 1 saturated heterocycles. The van der Waals surface area contributed by atoms with Crippen molar-refractivity contribution in [2.75, 3.05) is 107 Å². The van der Waals surface area contributed by atoms with Crippen LogP contribution in [0.2, 0.25) is 0 Å². The van der Waals surface area contributed by atoms with Crippen LogP contribution in [0.3, 0.4) is 0 Å². The average Bonchev–Trinajstić information content (AvgIpc) is 0.818. The molecular formula is C95H107N15. The Labute approximate surface area is 652 Å². The molecule has 0 spiro atoms. The van der Waals surface area contributed by atoms with E-state index in [1.54, 1.807) is 0 Å². The molecule has 0 radical (unpaired) electrons. The minimum absolute atomic E-state index is 0.357. The van der Waals surface area contributed by atoms with Crippen molar-refractivity contribution in [1.29, 1.82) is 0 Å². The molecule has 4 N–H and O–H groups in total. The Morgan fingerprint density at radius 3 is 0.955 bits per heavy atom. The van der Waals surface area contributed by atoms with Crippen LogP contribution in [0.15, 0.2) is 243 Å². The fourth-order valence-corrected chi connectivity index (χ4v) is 16.3. The molecule has 562 valence electrons. The fraction of sp³-hybridized carbons (Fsp3) is 0.326. The van der Waals surface area contributed by atoms with Crippen molar-refractivity contribution >= 4 is 23.8 Å². The molecule has 0 saturated carbocycles. The summed E-state index contributed by atoms with van der Waals surface area (Å²) in [6.07, 6.45) is 20.6. The minimum atomic E-state index is 0.357. The highest BCUT2D eigenvalue weighted by Gasteiger charge is 2.32. The van der Waals surface area contributed by atoms with E-state index in [0.29, 0.717) is 29.6 Å². The van der Waals surface area contributed by atoms with Gasteiger partial charge in [-0.3, -0.25) is 0 Å². The summed E-state index contributed by atoms with van der Waals surface area (Å²) >= 11 is 0. The van der Waals surface area contributed by atoms with Crippen LogP contribution in [0.5, 0.6) is 0 Å². The van der Waals surface area contributed by atoms with Gasteiger partial charge in [-0.15, -0.1) is 0 Å². The van der Waals surface area contributed by atoms with Crippen molar-refractivity contribution in [3.8, 4) is 45.0 Å². The van der Waals surface area contributed by atoms with E-state index in [9.17, 15) is 0 Å². The lowest BCUT2D eigenvalue weighted by molar-refractivity contribution is 0.284. The first-order valence-electron chi connectivity index (χ1n) is 40.3. The van der Waals surface area contributed by atoms with Gasteiger partial charge in [0.15, 0.2) is 0 Å². The van der Waals surface area contributed by atoms with Crippen LogP contribution in [0.4, 0.5) is 23.8 Å². The number of likely N-dealkylation sites (N-methyl/N-ethyl adjacent to an activating group) is 1. The smallest absolute Gasteiger partial charge is 0.223 e. The molecule has 8 aromatic carbocycles. The molecule has 12 aromatic rings. The number of fused-ring (bicyclic) bond motifs is 12. The van der Waals surface area contributed by atoms with Gasteiger partial charge < -0.3 is 36.0 Å². The molecule has 4 atom stereocenters. The molecule has 1 aliphatic heterocycles. The third-order valence-corrected chi connectivity index (χ3v) is 22.2. The molecule has 5 heterocycles. The minimum Gasteiger partial charge on any atom is -0.354 e. The van der Waals surface area contributed by atoms with Gasteiger partial charge in [-0.25, -0.2) is 39.9 Å². The highest BCUT2D eigenvalue weighted by Crippen LogP contribution is 2.46. The summed E-state index contributed by atoms with van der Waals surface area (Å²) < 4.78 is 0. The lowest BCUT2D eigenvalue weighted by Gasteiger charge is -2.27. The largest absolute Gasteiger partial charge is 0.354 e. The zero-order valence-electron chi connectivity index (χ0n) is 64.9. The lowest BCUT2D eigenvalue weighted by atomic mass is 9.78.